The van der Waals surface area contributed by atoms with Gasteiger partial charge in [-0.2, -0.15) is 4.98 Å². The van der Waals surface area contributed by atoms with Crippen LogP contribution in [-0.2, 0) is 13.0 Å². The standard InChI is InChI=1S/C15H18ClN5S2.2ClH/c1-3-9(17)6-10-8(2)12-13(23-10)14(21-15(16)20-12)19-7-11-18-4-5-22-11;;/h4-5,9H,3,6-7,17H2,1-2H3,(H,19,20,21);2*1H. The third-order valence-electron chi connectivity index (χ3n) is 3.70. The molecule has 25 heavy (non-hydrogen) atoms. The first-order valence-corrected chi connectivity index (χ1v) is 9.49. The second-order valence-electron chi connectivity index (χ2n) is 5.32. The number of hydrogen-bond donors (Lipinski definition) is 2. The molecule has 5 nitrogen and oxygen atoms in total. The number of halogens is 3. The van der Waals surface area contributed by atoms with Gasteiger partial charge in [-0.15, -0.1) is 47.5 Å². The quantitative estimate of drug-likeness (QED) is 0.536. The van der Waals surface area contributed by atoms with Crippen molar-refractivity contribution in [2.45, 2.75) is 39.3 Å². The maximum Gasteiger partial charge on any atom is 0.224 e. The Morgan fingerprint density at radius 1 is 1.32 bits per heavy atom. The third kappa shape index (κ3) is 5.15. The van der Waals surface area contributed by atoms with Crippen molar-refractivity contribution in [3.05, 3.63) is 32.3 Å². The zero-order chi connectivity index (χ0) is 16.4. The maximum atomic E-state index is 6.11. The minimum Gasteiger partial charge on any atom is -0.362 e. The highest BCUT2D eigenvalue weighted by Crippen LogP contribution is 2.35. The van der Waals surface area contributed by atoms with Gasteiger partial charge in [0.1, 0.15) is 10.8 Å². The third-order valence-corrected chi connectivity index (χ3v) is 5.96. The van der Waals surface area contributed by atoms with E-state index in [2.05, 4.69) is 34.1 Å². The SMILES string of the molecule is CCC(N)Cc1sc2c(NCc3nccs3)nc(Cl)nc2c1C.Cl.Cl. The number of nitrogens with one attached hydrogen (secondary N) is 1. The highest BCUT2D eigenvalue weighted by atomic mass is 35.5. The molecule has 0 aliphatic carbocycles. The van der Waals surface area contributed by atoms with E-state index in [9.17, 15) is 0 Å². The summed E-state index contributed by atoms with van der Waals surface area (Å²) >= 11 is 9.41. The molecule has 0 saturated heterocycles. The Morgan fingerprint density at radius 3 is 2.72 bits per heavy atom. The summed E-state index contributed by atoms with van der Waals surface area (Å²) in [4.78, 5) is 14.3. The number of fused-ring (bicyclic) bond motifs is 1. The van der Waals surface area contributed by atoms with E-state index in [-0.39, 0.29) is 36.1 Å². The summed E-state index contributed by atoms with van der Waals surface area (Å²) in [6.45, 7) is 4.80. The summed E-state index contributed by atoms with van der Waals surface area (Å²) in [7, 11) is 0. The van der Waals surface area contributed by atoms with E-state index in [0.29, 0.717) is 6.54 Å². The molecule has 0 spiro atoms. The van der Waals surface area contributed by atoms with E-state index in [1.54, 1.807) is 28.9 Å². The summed E-state index contributed by atoms with van der Waals surface area (Å²) in [5, 5.41) is 6.55. The van der Waals surface area contributed by atoms with Gasteiger partial charge in [0.2, 0.25) is 5.28 Å². The van der Waals surface area contributed by atoms with Crippen LogP contribution in [0.4, 0.5) is 5.82 Å². The molecule has 3 aromatic rings. The Bertz CT molecular complexity index is 807. The lowest BCUT2D eigenvalue weighted by Crippen LogP contribution is -2.21. The van der Waals surface area contributed by atoms with Gasteiger partial charge in [0.25, 0.3) is 0 Å². The van der Waals surface area contributed by atoms with Gasteiger partial charge in [-0.05, 0) is 36.9 Å². The average Bonchev–Trinajstić information content (AvgIpc) is 3.15. The Labute approximate surface area is 172 Å². The van der Waals surface area contributed by atoms with E-state index >= 15 is 0 Å². The molecular formula is C15H20Cl3N5S2. The van der Waals surface area contributed by atoms with Crippen LogP contribution < -0.4 is 11.1 Å². The number of aromatic nitrogens is 3. The van der Waals surface area contributed by atoms with Crippen LogP contribution in [0.25, 0.3) is 10.2 Å². The van der Waals surface area contributed by atoms with Crippen LogP contribution in [0.15, 0.2) is 11.6 Å². The normalized spacial score (nSPS) is 11.7. The van der Waals surface area contributed by atoms with Crippen molar-refractivity contribution in [1.29, 1.82) is 0 Å². The number of hydrogen-bond acceptors (Lipinski definition) is 7. The summed E-state index contributed by atoms with van der Waals surface area (Å²) in [5.74, 6) is 0.764. The number of rotatable bonds is 6. The first-order valence-electron chi connectivity index (χ1n) is 7.41. The number of anilines is 1. The van der Waals surface area contributed by atoms with Crippen molar-refractivity contribution in [2.75, 3.05) is 5.32 Å². The monoisotopic (exact) mass is 439 g/mol. The summed E-state index contributed by atoms with van der Waals surface area (Å²) in [6, 6.07) is 0.164. The molecule has 1 unspecified atom stereocenters. The zero-order valence-electron chi connectivity index (χ0n) is 13.8. The van der Waals surface area contributed by atoms with Crippen molar-refractivity contribution < 1.29 is 0 Å². The predicted octanol–water partition coefficient (Wildman–Crippen LogP) is 4.85. The molecule has 0 aromatic carbocycles. The molecule has 0 bridgehead atoms. The highest BCUT2D eigenvalue weighted by Gasteiger charge is 2.17. The molecule has 0 aliphatic heterocycles. The van der Waals surface area contributed by atoms with Crippen molar-refractivity contribution in [1.82, 2.24) is 15.0 Å². The van der Waals surface area contributed by atoms with Gasteiger partial charge in [-0.3, -0.25) is 0 Å². The lowest BCUT2D eigenvalue weighted by Gasteiger charge is -2.06. The Morgan fingerprint density at radius 2 is 2.08 bits per heavy atom. The molecule has 10 heteroatoms. The molecule has 0 radical (unpaired) electrons. The predicted molar refractivity (Wildman–Crippen MR) is 113 cm³/mol. The fourth-order valence-electron chi connectivity index (χ4n) is 2.30. The topological polar surface area (TPSA) is 76.7 Å². The van der Waals surface area contributed by atoms with Crippen molar-refractivity contribution >= 4 is 75.1 Å². The molecule has 1 atom stereocenters. The maximum absolute atomic E-state index is 6.11. The molecule has 3 aromatic heterocycles. The van der Waals surface area contributed by atoms with Gasteiger partial charge in [0, 0.05) is 22.5 Å². The fraction of sp³-hybridized carbons (Fsp3) is 0.400. The Balaban J connectivity index is 0.00000156. The van der Waals surface area contributed by atoms with Gasteiger partial charge in [-0.1, -0.05) is 6.92 Å². The largest absolute Gasteiger partial charge is 0.362 e. The molecule has 0 fully saturated rings. The minimum absolute atomic E-state index is 0. The van der Waals surface area contributed by atoms with E-state index in [1.807, 2.05) is 5.38 Å². The Hall–Kier alpha value is -0.700. The van der Waals surface area contributed by atoms with Crippen LogP contribution >= 0.6 is 59.1 Å². The molecular weight excluding hydrogens is 421 g/mol. The van der Waals surface area contributed by atoms with Crippen LogP contribution in [0.5, 0.6) is 0 Å². The average molecular weight is 441 g/mol. The van der Waals surface area contributed by atoms with Gasteiger partial charge in [-0.25, -0.2) is 9.97 Å². The summed E-state index contributed by atoms with van der Waals surface area (Å²) in [5.41, 5.74) is 8.17. The lowest BCUT2D eigenvalue weighted by atomic mass is 10.1. The molecule has 0 saturated carbocycles. The number of thiazole rings is 1. The molecule has 0 amide bonds. The Kier molecular flexibility index (Phi) is 8.80. The second kappa shape index (κ2) is 9.85. The fourth-order valence-corrected chi connectivity index (χ4v) is 4.33. The number of thiophene rings is 1. The van der Waals surface area contributed by atoms with Crippen molar-refractivity contribution in [3.63, 3.8) is 0 Å². The summed E-state index contributed by atoms with van der Waals surface area (Å²) in [6.07, 6.45) is 3.60. The molecule has 0 aliphatic rings. The first kappa shape index (κ1) is 22.3. The van der Waals surface area contributed by atoms with Crippen LogP contribution in [0.1, 0.15) is 28.8 Å². The van der Waals surface area contributed by atoms with Crippen LogP contribution in [0, 0.1) is 6.92 Å². The van der Waals surface area contributed by atoms with E-state index in [1.165, 1.54) is 4.88 Å². The second-order valence-corrected chi connectivity index (χ2v) is 7.74. The van der Waals surface area contributed by atoms with E-state index in [4.69, 9.17) is 17.3 Å². The lowest BCUT2D eigenvalue weighted by molar-refractivity contribution is 0.650. The van der Waals surface area contributed by atoms with Gasteiger partial charge in [0.15, 0.2) is 0 Å². The van der Waals surface area contributed by atoms with Crippen LogP contribution in [0.3, 0.4) is 0 Å². The number of nitrogens with zero attached hydrogens (tertiary/aromatic N) is 3. The van der Waals surface area contributed by atoms with Gasteiger partial charge in [0.05, 0.1) is 16.8 Å². The molecule has 3 N–H and O–H groups in total. The first-order chi connectivity index (χ1) is 11.1. The van der Waals surface area contributed by atoms with Crippen molar-refractivity contribution in [2.24, 2.45) is 5.73 Å². The smallest absolute Gasteiger partial charge is 0.224 e. The van der Waals surface area contributed by atoms with Crippen LogP contribution in [-0.4, -0.2) is 21.0 Å². The number of aryl methyl sites for hydroxylation is 1. The van der Waals surface area contributed by atoms with Gasteiger partial charge < -0.3 is 11.1 Å². The van der Waals surface area contributed by atoms with E-state index in [0.717, 1.165) is 39.4 Å². The van der Waals surface area contributed by atoms with Crippen molar-refractivity contribution in [3.8, 4) is 0 Å². The number of nitrogens with two attached hydrogens (primary N) is 1. The molecule has 3 rings (SSSR count). The summed E-state index contributed by atoms with van der Waals surface area (Å²) < 4.78 is 1.03. The highest BCUT2D eigenvalue weighted by molar-refractivity contribution is 7.19. The zero-order valence-corrected chi connectivity index (χ0v) is 17.8. The van der Waals surface area contributed by atoms with Gasteiger partial charge >= 0.3 is 0 Å². The minimum atomic E-state index is 0. The van der Waals surface area contributed by atoms with E-state index < -0.39 is 0 Å². The molecule has 138 valence electrons. The molecule has 3 heterocycles. The van der Waals surface area contributed by atoms with Crippen LogP contribution in [0.2, 0.25) is 5.28 Å².